The van der Waals surface area contributed by atoms with Crippen molar-refractivity contribution in [2.45, 2.75) is 12.5 Å². The highest BCUT2D eigenvalue weighted by atomic mass is 16.3. The van der Waals surface area contributed by atoms with Crippen LogP contribution in [0.25, 0.3) is 33.4 Å². The number of anilines is 1. The predicted octanol–water partition coefficient (Wildman–Crippen LogP) is 1.99. The van der Waals surface area contributed by atoms with Crippen LogP contribution in [0, 0.1) is 0 Å². The Kier molecular flexibility index (Phi) is 4.51. The van der Waals surface area contributed by atoms with Crippen LogP contribution < -0.4 is 10.2 Å². The molecule has 2 N–H and O–H groups in total. The van der Waals surface area contributed by atoms with Gasteiger partial charge in [-0.15, -0.1) is 10.2 Å². The van der Waals surface area contributed by atoms with Crippen LogP contribution in [-0.4, -0.2) is 61.2 Å². The minimum absolute atomic E-state index is 0.124. The molecule has 3 aromatic heterocycles. The maximum absolute atomic E-state index is 10.6. The molecule has 1 fully saturated rings. The van der Waals surface area contributed by atoms with Crippen LogP contribution in [0.5, 0.6) is 5.75 Å². The third-order valence-corrected chi connectivity index (χ3v) is 5.61. The predicted molar refractivity (Wildman–Crippen MR) is 114 cm³/mol. The number of phenols is 1. The van der Waals surface area contributed by atoms with Crippen LogP contribution in [-0.2, 0) is 7.05 Å². The van der Waals surface area contributed by atoms with Crippen molar-refractivity contribution in [2.75, 3.05) is 25.0 Å². The van der Waals surface area contributed by atoms with Crippen LogP contribution in [0.1, 0.15) is 6.42 Å². The summed E-state index contributed by atoms with van der Waals surface area (Å²) in [4.78, 5) is 11.0. The quantitative estimate of drug-likeness (QED) is 0.534. The summed E-state index contributed by atoms with van der Waals surface area (Å²) in [7, 11) is 3.83. The highest BCUT2D eigenvalue weighted by molar-refractivity contribution is 5.82. The van der Waals surface area contributed by atoms with Crippen molar-refractivity contribution in [3.05, 3.63) is 42.9 Å². The van der Waals surface area contributed by atoms with Crippen molar-refractivity contribution in [3.63, 3.8) is 0 Å². The fourth-order valence-electron chi connectivity index (χ4n) is 3.84. The van der Waals surface area contributed by atoms with E-state index in [2.05, 4.69) is 35.5 Å². The van der Waals surface area contributed by atoms with E-state index in [1.54, 1.807) is 29.3 Å². The molecule has 5 rings (SSSR count). The number of nitrogens with zero attached hydrogens (tertiary/aromatic N) is 7. The van der Waals surface area contributed by atoms with E-state index in [1.807, 2.05) is 32.3 Å². The van der Waals surface area contributed by atoms with Gasteiger partial charge in [-0.05, 0) is 37.2 Å². The third kappa shape index (κ3) is 3.22. The molecule has 0 saturated carbocycles. The summed E-state index contributed by atoms with van der Waals surface area (Å²) in [5, 5.41) is 27.6. The molecule has 0 bridgehead atoms. The van der Waals surface area contributed by atoms with Gasteiger partial charge in [0, 0.05) is 48.9 Å². The first-order valence-electron chi connectivity index (χ1n) is 9.86. The van der Waals surface area contributed by atoms with Crippen LogP contribution in [0.15, 0.2) is 42.9 Å². The van der Waals surface area contributed by atoms with E-state index < -0.39 is 0 Å². The molecule has 0 spiro atoms. The van der Waals surface area contributed by atoms with E-state index in [-0.39, 0.29) is 5.75 Å². The van der Waals surface area contributed by atoms with E-state index in [9.17, 15) is 5.11 Å². The average Bonchev–Trinajstić information content (AvgIpc) is 3.40. The molecule has 9 nitrogen and oxygen atoms in total. The summed E-state index contributed by atoms with van der Waals surface area (Å²) in [6.45, 7) is 1.77. The molecule has 1 unspecified atom stereocenters. The average molecular weight is 402 g/mol. The largest absolute Gasteiger partial charge is 0.507 e. The number of pyridine rings is 1. The number of aryl methyl sites for hydroxylation is 1. The molecule has 30 heavy (non-hydrogen) atoms. The highest BCUT2D eigenvalue weighted by Crippen LogP contribution is 2.33. The Bertz CT molecular complexity index is 1200. The smallest absolute Gasteiger partial charge is 0.245 e. The number of hydrogen-bond donors (Lipinski definition) is 2. The van der Waals surface area contributed by atoms with Gasteiger partial charge in [0.2, 0.25) is 5.95 Å². The van der Waals surface area contributed by atoms with Crippen LogP contribution in [0.2, 0.25) is 0 Å². The number of aromatic nitrogens is 6. The van der Waals surface area contributed by atoms with Crippen LogP contribution >= 0.6 is 0 Å². The number of hydrogen-bond acceptors (Lipinski definition) is 8. The van der Waals surface area contributed by atoms with Gasteiger partial charge in [-0.3, -0.25) is 4.68 Å². The molecule has 0 aliphatic carbocycles. The molecule has 9 heteroatoms. The van der Waals surface area contributed by atoms with Crippen molar-refractivity contribution in [3.8, 4) is 28.1 Å². The van der Waals surface area contributed by atoms with Crippen LogP contribution in [0.4, 0.5) is 5.95 Å². The number of fused-ring (bicyclic) bond motifs is 1. The van der Waals surface area contributed by atoms with Crippen molar-refractivity contribution < 1.29 is 5.11 Å². The number of rotatable bonds is 4. The zero-order valence-corrected chi connectivity index (χ0v) is 16.8. The van der Waals surface area contributed by atoms with Gasteiger partial charge in [0.1, 0.15) is 11.4 Å². The molecule has 1 saturated heterocycles. The standard InChI is InChI=1S/C21H22N8O/c1-22-16-5-6-29(12-16)21-24-11-18(26-27-21)17-4-3-13(8-19(17)30)14-7-15-10-25-28(2)20(15)23-9-14/h3-4,7-11,16,22,30H,5-6,12H2,1-2H3. The third-order valence-electron chi connectivity index (χ3n) is 5.61. The monoisotopic (exact) mass is 402 g/mol. The summed E-state index contributed by atoms with van der Waals surface area (Å²) in [5.41, 5.74) is 3.72. The van der Waals surface area contributed by atoms with Gasteiger partial charge in [-0.2, -0.15) is 5.10 Å². The number of likely N-dealkylation sites (N-methyl/N-ethyl adjacent to an activating group) is 1. The molecule has 1 atom stereocenters. The Labute approximate surface area is 173 Å². The Morgan fingerprint density at radius 3 is 2.70 bits per heavy atom. The number of aromatic hydroxyl groups is 1. The van der Waals surface area contributed by atoms with Gasteiger partial charge >= 0.3 is 0 Å². The van der Waals surface area contributed by atoms with E-state index in [4.69, 9.17) is 0 Å². The second-order valence-corrected chi connectivity index (χ2v) is 7.50. The second-order valence-electron chi connectivity index (χ2n) is 7.50. The minimum Gasteiger partial charge on any atom is -0.507 e. The molecule has 4 heterocycles. The van der Waals surface area contributed by atoms with Crippen molar-refractivity contribution >= 4 is 17.0 Å². The Morgan fingerprint density at radius 2 is 1.97 bits per heavy atom. The normalized spacial score (nSPS) is 16.5. The van der Waals surface area contributed by atoms with Crippen LogP contribution in [0.3, 0.4) is 0 Å². The lowest BCUT2D eigenvalue weighted by Crippen LogP contribution is -2.30. The second kappa shape index (κ2) is 7.34. The molecule has 152 valence electrons. The maximum atomic E-state index is 10.6. The summed E-state index contributed by atoms with van der Waals surface area (Å²) in [6, 6.07) is 7.93. The lowest BCUT2D eigenvalue weighted by atomic mass is 10.0. The van der Waals surface area contributed by atoms with E-state index in [0.29, 0.717) is 23.2 Å². The fourth-order valence-corrected chi connectivity index (χ4v) is 3.84. The van der Waals surface area contributed by atoms with Gasteiger partial charge in [-0.25, -0.2) is 9.97 Å². The van der Waals surface area contributed by atoms with Gasteiger partial charge in [0.05, 0.1) is 12.4 Å². The molecule has 0 amide bonds. The molecule has 0 radical (unpaired) electrons. The minimum atomic E-state index is 0.124. The van der Waals surface area contributed by atoms with E-state index in [1.165, 1.54) is 0 Å². The van der Waals surface area contributed by atoms with Gasteiger partial charge in [0.15, 0.2) is 5.65 Å². The summed E-state index contributed by atoms with van der Waals surface area (Å²) < 4.78 is 1.73. The molecular formula is C21H22N8O. The first-order chi connectivity index (χ1) is 14.6. The van der Waals surface area contributed by atoms with Gasteiger partial charge < -0.3 is 15.3 Å². The molecule has 1 aliphatic rings. The Hall–Kier alpha value is -3.59. The van der Waals surface area contributed by atoms with Gasteiger partial charge in [0.25, 0.3) is 0 Å². The Balaban J connectivity index is 1.40. The maximum Gasteiger partial charge on any atom is 0.245 e. The summed E-state index contributed by atoms with van der Waals surface area (Å²) >= 11 is 0. The molecule has 1 aromatic carbocycles. The molecule has 4 aromatic rings. The van der Waals surface area contributed by atoms with Crippen molar-refractivity contribution in [1.82, 2.24) is 35.3 Å². The lowest BCUT2D eigenvalue weighted by Gasteiger charge is -2.15. The van der Waals surface area contributed by atoms with E-state index >= 15 is 0 Å². The molecular weight excluding hydrogens is 380 g/mol. The summed E-state index contributed by atoms with van der Waals surface area (Å²) in [5.74, 6) is 0.738. The van der Waals surface area contributed by atoms with E-state index in [0.717, 1.165) is 41.7 Å². The first-order valence-corrected chi connectivity index (χ1v) is 9.86. The lowest BCUT2D eigenvalue weighted by molar-refractivity contribution is 0.477. The zero-order chi connectivity index (χ0) is 20.7. The number of phenolic OH excluding ortho intramolecular Hbond substituents is 1. The number of benzene rings is 1. The SMILES string of the molecule is CNC1CCN(c2ncc(-c3ccc(-c4cnc5c(cnn5C)c4)cc3O)nn2)C1. The fraction of sp³-hybridized carbons (Fsp3) is 0.286. The van der Waals surface area contributed by atoms with Crippen molar-refractivity contribution in [2.24, 2.45) is 7.05 Å². The van der Waals surface area contributed by atoms with Gasteiger partial charge in [-0.1, -0.05) is 6.07 Å². The zero-order valence-electron chi connectivity index (χ0n) is 16.8. The number of nitrogens with one attached hydrogen (secondary N) is 1. The van der Waals surface area contributed by atoms with Crippen molar-refractivity contribution in [1.29, 1.82) is 0 Å². The Morgan fingerprint density at radius 1 is 1.07 bits per heavy atom. The summed E-state index contributed by atoms with van der Waals surface area (Å²) in [6.07, 6.45) is 6.28. The first kappa shape index (κ1) is 18.4. The highest BCUT2D eigenvalue weighted by Gasteiger charge is 2.23. The molecule has 1 aliphatic heterocycles. The topological polar surface area (TPSA) is 105 Å².